The molecule has 1 heterocycles. The Hall–Kier alpha value is -0.920. The SMILES string of the molecule is Cc1ncc(CNCCS(N)(=O)=O)[nH]1. The predicted molar refractivity (Wildman–Crippen MR) is 53.0 cm³/mol. The van der Waals surface area contributed by atoms with Crippen LogP contribution in [0, 0.1) is 6.92 Å². The lowest BCUT2D eigenvalue weighted by molar-refractivity contribution is 0.592. The van der Waals surface area contributed by atoms with Crippen LogP contribution < -0.4 is 10.5 Å². The summed E-state index contributed by atoms with van der Waals surface area (Å²) in [5, 5.41) is 7.77. The van der Waals surface area contributed by atoms with Gasteiger partial charge in [0.15, 0.2) is 0 Å². The molecule has 0 atom stereocenters. The van der Waals surface area contributed by atoms with E-state index < -0.39 is 10.0 Å². The summed E-state index contributed by atoms with van der Waals surface area (Å²) in [5.41, 5.74) is 0.928. The molecule has 1 aromatic heterocycles. The van der Waals surface area contributed by atoms with E-state index in [0.717, 1.165) is 11.5 Å². The molecule has 80 valence electrons. The van der Waals surface area contributed by atoms with Crippen molar-refractivity contribution < 1.29 is 8.42 Å². The molecule has 7 heteroatoms. The Labute approximate surface area is 83.0 Å². The number of primary sulfonamides is 1. The second kappa shape index (κ2) is 4.54. The van der Waals surface area contributed by atoms with Crippen molar-refractivity contribution in [3.63, 3.8) is 0 Å². The zero-order valence-corrected chi connectivity index (χ0v) is 8.76. The van der Waals surface area contributed by atoms with E-state index in [1.54, 1.807) is 6.20 Å². The molecule has 0 spiro atoms. The number of aromatic nitrogens is 2. The number of nitrogens with one attached hydrogen (secondary N) is 2. The van der Waals surface area contributed by atoms with E-state index in [4.69, 9.17) is 5.14 Å². The summed E-state index contributed by atoms with van der Waals surface area (Å²) < 4.78 is 21.1. The van der Waals surface area contributed by atoms with Crippen LogP contribution in [0.2, 0.25) is 0 Å². The number of nitrogens with zero attached hydrogens (tertiary/aromatic N) is 1. The number of imidazole rings is 1. The highest BCUT2D eigenvalue weighted by molar-refractivity contribution is 7.89. The van der Waals surface area contributed by atoms with Crippen molar-refractivity contribution in [3.05, 3.63) is 17.7 Å². The molecule has 4 N–H and O–H groups in total. The van der Waals surface area contributed by atoms with Crippen molar-refractivity contribution in [2.45, 2.75) is 13.5 Å². The van der Waals surface area contributed by atoms with Crippen LogP contribution in [0.1, 0.15) is 11.5 Å². The average Bonchev–Trinajstić information content (AvgIpc) is 2.44. The maximum absolute atomic E-state index is 10.6. The molecule has 0 aliphatic heterocycles. The minimum atomic E-state index is -3.36. The van der Waals surface area contributed by atoms with E-state index in [9.17, 15) is 8.42 Å². The lowest BCUT2D eigenvalue weighted by Crippen LogP contribution is -2.26. The normalized spacial score (nSPS) is 11.9. The van der Waals surface area contributed by atoms with Crippen molar-refractivity contribution in [2.75, 3.05) is 12.3 Å². The van der Waals surface area contributed by atoms with Gasteiger partial charge in [0.05, 0.1) is 5.75 Å². The van der Waals surface area contributed by atoms with Crippen molar-refractivity contribution in [3.8, 4) is 0 Å². The quantitative estimate of drug-likeness (QED) is 0.557. The molecule has 0 amide bonds. The summed E-state index contributed by atoms with van der Waals surface area (Å²) in [6.07, 6.45) is 1.71. The Balaban J connectivity index is 2.23. The van der Waals surface area contributed by atoms with E-state index >= 15 is 0 Å². The van der Waals surface area contributed by atoms with E-state index in [1.165, 1.54) is 0 Å². The van der Waals surface area contributed by atoms with Crippen LogP contribution in [0.25, 0.3) is 0 Å². The Kier molecular flexibility index (Phi) is 3.62. The predicted octanol–water partition coefficient (Wildman–Crippen LogP) is -0.904. The maximum Gasteiger partial charge on any atom is 0.210 e. The summed E-state index contributed by atoms with van der Waals surface area (Å²) in [6.45, 7) is 2.76. The van der Waals surface area contributed by atoms with Gasteiger partial charge in [0, 0.05) is 25.0 Å². The van der Waals surface area contributed by atoms with Gasteiger partial charge < -0.3 is 10.3 Å². The minimum absolute atomic E-state index is 0.0554. The number of hydrogen-bond donors (Lipinski definition) is 3. The lowest BCUT2D eigenvalue weighted by atomic mass is 10.5. The number of rotatable bonds is 5. The van der Waals surface area contributed by atoms with Crippen molar-refractivity contribution in [2.24, 2.45) is 5.14 Å². The summed E-state index contributed by atoms with van der Waals surface area (Å²) in [6, 6.07) is 0. The molecule has 0 saturated heterocycles. The number of hydrogen-bond acceptors (Lipinski definition) is 4. The Bertz CT molecular complexity index is 384. The molecule has 1 rings (SSSR count). The highest BCUT2D eigenvalue weighted by Gasteiger charge is 2.01. The fourth-order valence-corrected chi connectivity index (χ4v) is 1.43. The molecule has 0 aliphatic carbocycles. The van der Waals surface area contributed by atoms with Crippen LogP contribution in [0.5, 0.6) is 0 Å². The smallest absolute Gasteiger partial charge is 0.210 e. The third kappa shape index (κ3) is 4.35. The molecule has 0 aromatic carbocycles. The molecule has 0 aliphatic rings. The first-order valence-electron chi connectivity index (χ1n) is 4.19. The first-order valence-corrected chi connectivity index (χ1v) is 5.90. The number of H-pyrrole nitrogens is 1. The number of nitrogens with two attached hydrogens (primary N) is 1. The lowest BCUT2D eigenvalue weighted by Gasteiger charge is -2.00. The van der Waals surface area contributed by atoms with Crippen molar-refractivity contribution >= 4 is 10.0 Å². The van der Waals surface area contributed by atoms with Crippen molar-refractivity contribution in [1.82, 2.24) is 15.3 Å². The largest absolute Gasteiger partial charge is 0.345 e. The van der Waals surface area contributed by atoms with Gasteiger partial charge in [0.1, 0.15) is 5.82 Å². The van der Waals surface area contributed by atoms with Gasteiger partial charge in [-0.15, -0.1) is 0 Å². The summed E-state index contributed by atoms with van der Waals surface area (Å²) in [7, 11) is -3.36. The summed E-state index contributed by atoms with van der Waals surface area (Å²) >= 11 is 0. The highest BCUT2D eigenvalue weighted by atomic mass is 32.2. The topological polar surface area (TPSA) is 101 Å². The highest BCUT2D eigenvalue weighted by Crippen LogP contribution is 1.93. The minimum Gasteiger partial charge on any atom is -0.345 e. The molecule has 0 radical (unpaired) electrons. The fourth-order valence-electron chi connectivity index (χ4n) is 0.999. The van der Waals surface area contributed by atoms with E-state index in [1.807, 2.05) is 6.92 Å². The Morgan fingerprint density at radius 1 is 1.64 bits per heavy atom. The average molecular weight is 218 g/mol. The van der Waals surface area contributed by atoms with E-state index in [-0.39, 0.29) is 5.75 Å². The zero-order valence-electron chi connectivity index (χ0n) is 7.95. The monoisotopic (exact) mass is 218 g/mol. The van der Waals surface area contributed by atoms with Gasteiger partial charge in [-0.05, 0) is 6.92 Å². The Morgan fingerprint density at radius 3 is 2.86 bits per heavy atom. The molecule has 14 heavy (non-hydrogen) atoms. The second-order valence-electron chi connectivity index (χ2n) is 3.04. The molecular formula is C7H14N4O2S. The van der Waals surface area contributed by atoms with Crippen LogP contribution in [-0.2, 0) is 16.6 Å². The number of sulfonamides is 1. The molecule has 0 saturated carbocycles. The van der Waals surface area contributed by atoms with Gasteiger partial charge in [0.25, 0.3) is 0 Å². The van der Waals surface area contributed by atoms with E-state index in [0.29, 0.717) is 13.1 Å². The fraction of sp³-hybridized carbons (Fsp3) is 0.571. The van der Waals surface area contributed by atoms with Gasteiger partial charge in [-0.3, -0.25) is 0 Å². The number of aryl methyl sites for hydroxylation is 1. The molecule has 6 nitrogen and oxygen atoms in total. The molecule has 1 aromatic rings. The first kappa shape index (κ1) is 11.2. The van der Waals surface area contributed by atoms with Crippen LogP contribution in [0.15, 0.2) is 6.20 Å². The summed E-state index contributed by atoms with van der Waals surface area (Å²) in [5.74, 6) is 0.786. The van der Waals surface area contributed by atoms with Gasteiger partial charge in [-0.1, -0.05) is 0 Å². The van der Waals surface area contributed by atoms with Gasteiger partial charge >= 0.3 is 0 Å². The standard InChI is InChI=1S/C7H14N4O2S/c1-6-10-5-7(11-6)4-9-2-3-14(8,12)13/h5,9H,2-4H2,1H3,(H,10,11)(H2,8,12,13). The first-order chi connectivity index (χ1) is 6.47. The third-order valence-electron chi connectivity index (χ3n) is 1.63. The van der Waals surface area contributed by atoms with Crippen molar-refractivity contribution in [1.29, 1.82) is 0 Å². The van der Waals surface area contributed by atoms with Gasteiger partial charge in [0.2, 0.25) is 10.0 Å². The molecule has 0 fully saturated rings. The Morgan fingerprint density at radius 2 is 2.36 bits per heavy atom. The zero-order chi connectivity index (χ0) is 10.6. The van der Waals surface area contributed by atoms with Gasteiger partial charge in [-0.25, -0.2) is 18.5 Å². The number of aromatic amines is 1. The summed E-state index contributed by atoms with van der Waals surface area (Å²) in [4.78, 5) is 7.02. The molecular weight excluding hydrogens is 204 g/mol. The van der Waals surface area contributed by atoms with Crippen LogP contribution in [-0.4, -0.2) is 30.7 Å². The van der Waals surface area contributed by atoms with Gasteiger partial charge in [-0.2, -0.15) is 0 Å². The maximum atomic E-state index is 10.6. The van der Waals surface area contributed by atoms with Crippen LogP contribution >= 0.6 is 0 Å². The van der Waals surface area contributed by atoms with E-state index in [2.05, 4.69) is 15.3 Å². The third-order valence-corrected chi connectivity index (χ3v) is 2.41. The molecule has 0 unspecified atom stereocenters. The van der Waals surface area contributed by atoms with Crippen LogP contribution in [0.3, 0.4) is 0 Å². The molecule has 0 bridgehead atoms. The second-order valence-corrected chi connectivity index (χ2v) is 4.77. The van der Waals surface area contributed by atoms with Crippen LogP contribution in [0.4, 0.5) is 0 Å².